The molecule has 1 heterocycles. The van der Waals surface area contributed by atoms with E-state index in [1.54, 1.807) is 31.4 Å². The molecule has 3 aromatic carbocycles. The van der Waals surface area contributed by atoms with Crippen LogP contribution in [0, 0.1) is 0 Å². The van der Waals surface area contributed by atoms with Crippen LogP contribution in [0.4, 0.5) is 0 Å². The van der Waals surface area contributed by atoms with Crippen LogP contribution in [0.15, 0.2) is 106 Å². The Labute approximate surface area is 180 Å². The molecule has 0 saturated carbocycles. The molecule has 0 aromatic heterocycles. The number of aliphatic hydroxyl groups excluding tert-OH is 1. The van der Waals surface area contributed by atoms with E-state index in [4.69, 9.17) is 4.74 Å². The summed E-state index contributed by atoms with van der Waals surface area (Å²) in [5.41, 5.74) is 3.55. The number of aliphatic hydroxyl groups is 1. The molecule has 2 aliphatic rings. The van der Waals surface area contributed by atoms with Crippen molar-refractivity contribution < 1.29 is 14.6 Å². The van der Waals surface area contributed by atoms with Gasteiger partial charge in [0.25, 0.3) is 0 Å². The third-order valence-electron chi connectivity index (χ3n) is 5.76. The molecule has 1 aliphatic heterocycles. The first-order valence-electron chi connectivity index (χ1n) is 10.1. The second kappa shape index (κ2) is 7.69. The van der Waals surface area contributed by atoms with Crippen LogP contribution in [0.1, 0.15) is 39.0 Å². The van der Waals surface area contributed by atoms with Gasteiger partial charge in [0, 0.05) is 22.6 Å². The lowest BCUT2D eigenvalue weighted by Crippen LogP contribution is -2.14. The molecule has 0 fully saturated rings. The predicted molar refractivity (Wildman–Crippen MR) is 118 cm³/mol. The second-order valence-corrected chi connectivity index (χ2v) is 7.49. The molecule has 152 valence electrons. The van der Waals surface area contributed by atoms with Gasteiger partial charge in [-0.2, -0.15) is 10.2 Å². The van der Waals surface area contributed by atoms with Crippen molar-refractivity contribution in [1.82, 2.24) is 0 Å². The first-order valence-corrected chi connectivity index (χ1v) is 10.1. The zero-order valence-corrected chi connectivity index (χ0v) is 16.9. The largest absolute Gasteiger partial charge is 0.506 e. The smallest absolute Gasteiger partial charge is 0.199 e. The van der Waals surface area contributed by atoms with Gasteiger partial charge in [0.2, 0.25) is 0 Å². The number of para-hydroxylation sites is 1. The number of azo groups is 1. The number of hydrogen-bond donors (Lipinski definition) is 1. The van der Waals surface area contributed by atoms with Crippen LogP contribution in [0.3, 0.4) is 0 Å². The fourth-order valence-electron chi connectivity index (χ4n) is 4.25. The standard InChI is InChI=1S/C26H20N2O3/c1-31-22-14-8-7-13-19(22)24-20(16-9-3-2-4-10-16)15-21(27-28-24)23-25(29)17-11-5-6-12-18(17)26(23)30/h2-15,20,24,29H,1H3/t20-,24-/m0/s1. The van der Waals surface area contributed by atoms with Crippen molar-refractivity contribution in [2.45, 2.75) is 12.0 Å². The molecule has 1 N–H and O–H groups in total. The lowest BCUT2D eigenvalue weighted by Gasteiger charge is -2.26. The lowest BCUT2D eigenvalue weighted by atomic mass is 9.85. The van der Waals surface area contributed by atoms with Gasteiger partial charge >= 0.3 is 0 Å². The van der Waals surface area contributed by atoms with Crippen LogP contribution in [-0.2, 0) is 0 Å². The summed E-state index contributed by atoms with van der Waals surface area (Å²) >= 11 is 0. The Balaban J connectivity index is 1.63. The van der Waals surface area contributed by atoms with Crippen LogP contribution in [-0.4, -0.2) is 18.0 Å². The van der Waals surface area contributed by atoms with E-state index in [-0.39, 0.29) is 29.1 Å². The maximum Gasteiger partial charge on any atom is 0.199 e. The van der Waals surface area contributed by atoms with Crippen molar-refractivity contribution in [2.75, 3.05) is 7.11 Å². The number of methoxy groups -OCH3 is 1. The number of fused-ring (bicyclic) bond motifs is 1. The summed E-state index contributed by atoms with van der Waals surface area (Å²) in [7, 11) is 1.63. The minimum atomic E-state index is -0.316. The van der Waals surface area contributed by atoms with Gasteiger partial charge in [0.05, 0.1) is 18.4 Å². The van der Waals surface area contributed by atoms with E-state index < -0.39 is 0 Å². The van der Waals surface area contributed by atoms with E-state index in [9.17, 15) is 9.90 Å². The highest BCUT2D eigenvalue weighted by atomic mass is 16.5. The van der Waals surface area contributed by atoms with Crippen LogP contribution in [0.5, 0.6) is 5.75 Å². The third kappa shape index (κ3) is 3.15. The zero-order chi connectivity index (χ0) is 21.4. The molecular weight excluding hydrogens is 388 g/mol. The number of carbonyl (C=O) groups is 1. The number of Topliss-reactive ketones (excluding diaryl/α,β-unsaturated/α-hetero) is 1. The first-order chi connectivity index (χ1) is 15.2. The van der Waals surface area contributed by atoms with Crippen molar-refractivity contribution in [3.05, 3.63) is 118 Å². The van der Waals surface area contributed by atoms with Crippen LogP contribution < -0.4 is 4.74 Å². The molecule has 1 aliphatic carbocycles. The van der Waals surface area contributed by atoms with Gasteiger partial charge in [-0.15, -0.1) is 0 Å². The summed E-state index contributed by atoms with van der Waals surface area (Å²) in [5.74, 6) is 0.270. The number of ether oxygens (including phenoxy) is 1. The summed E-state index contributed by atoms with van der Waals surface area (Å²) in [6.07, 6.45) is 1.93. The molecule has 5 nitrogen and oxygen atoms in total. The Hall–Kier alpha value is -3.99. The van der Waals surface area contributed by atoms with E-state index >= 15 is 0 Å². The number of hydrogen-bond acceptors (Lipinski definition) is 5. The summed E-state index contributed by atoms with van der Waals surface area (Å²) < 4.78 is 5.56. The maximum atomic E-state index is 13.0. The third-order valence-corrected chi connectivity index (χ3v) is 5.76. The van der Waals surface area contributed by atoms with E-state index in [1.807, 2.05) is 60.7 Å². The summed E-state index contributed by atoms with van der Waals surface area (Å²) in [5, 5.41) is 19.8. The Bertz CT molecular complexity index is 1260. The van der Waals surface area contributed by atoms with E-state index in [0.29, 0.717) is 16.8 Å². The second-order valence-electron chi connectivity index (χ2n) is 7.49. The Morgan fingerprint density at radius 3 is 2.29 bits per heavy atom. The molecule has 5 heteroatoms. The molecule has 3 aromatic rings. The summed E-state index contributed by atoms with van der Waals surface area (Å²) in [6.45, 7) is 0. The van der Waals surface area contributed by atoms with Gasteiger partial charge in [-0.25, -0.2) is 0 Å². The average Bonchev–Trinajstić information content (AvgIpc) is 3.09. The molecule has 2 atom stereocenters. The molecule has 0 saturated heterocycles. The number of carbonyl (C=O) groups excluding carboxylic acids is 1. The van der Waals surface area contributed by atoms with Crippen molar-refractivity contribution >= 4 is 11.5 Å². The van der Waals surface area contributed by atoms with Gasteiger partial charge in [-0.3, -0.25) is 4.79 Å². The number of rotatable bonds is 4. The molecule has 0 spiro atoms. The molecule has 0 bridgehead atoms. The first kappa shape index (κ1) is 19.0. The molecule has 0 radical (unpaired) electrons. The number of allylic oxidation sites excluding steroid dienone is 1. The van der Waals surface area contributed by atoms with Crippen LogP contribution in [0.25, 0.3) is 5.76 Å². The molecule has 5 rings (SSSR count). The monoisotopic (exact) mass is 408 g/mol. The van der Waals surface area contributed by atoms with E-state index in [2.05, 4.69) is 10.2 Å². The molecule has 0 amide bonds. The average molecular weight is 408 g/mol. The maximum absolute atomic E-state index is 13.0. The SMILES string of the molecule is COc1ccccc1[C@@H]1N=NC(C2=C(O)c3ccccc3C2=O)=C[C@H]1c1ccccc1. The molecular formula is C26H20N2O3. The number of nitrogens with zero attached hydrogens (tertiary/aromatic N) is 2. The van der Waals surface area contributed by atoms with E-state index in [1.165, 1.54) is 0 Å². The predicted octanol–water partition coefficient (Wildman–Crippen LogP) is 6.04. The topological polar surface area (TPSA) is 71.2 Å². The Kier molecular flexibility index (Phi) is 4.71. The van der Waals surface area contributed by atoms with Crippen LogP contribution >= 0.6 is 0 Å². The minimum Gasteiger partial charge on any atom is -0.506 e. The van der Waals surface area contributed by atoms with Gasteiger partial charge in [-0.05, 0) is 17.7 Å². The van der Waals surface area contributed by atoms with Gasteiger partial charge in [-0.1, -0.05) is 72.8 Å². The fraction of sp³-hybridized carbons (Fsp3) is 0.115. The van der Waals surface area contributed by atoms with Gasteiger partial charge in [0.1, 0.15) is 17.6 Å². The highest BCUT2D eigenvalue weighted by Crippen LogP contribution is 2.45. The van der Waals surface area contributed by atoms with Crippen molar-refractivity contribution in [3.8, 4) is 5.75 Å². The van der Waals surface area contributed by atoms with E-state index in [0.717, 1.165) is 16.9 Å². The Morgan fingerprint density at radius 2 is 1.55 bits per heavy atom. The van der Waals surface area contributed by atoms with Gasteiger partial charge < -0.3 is 9.84 Å². The number of ketones is 1. The van der Waals surface area contributed by atoms with Gasteiger partial charge in [0.15, 0.2) is 5.78 Å². The molecule has 31 heavy (non-hydrogen) atoms. The number of benzene rings is 3. The van der Waals surface area contributed by atoms with Crippen molar-refractivity contribution in [2.24, 2.45) is 10.2 Å². The Morgan fingerprint density at radius 1 is 0.871 bits per heavy atom. The lowest BCUT2D eigenvalue weighted by molar-refractivity contribution is 0.103. The fourth-order valence-corrected chi connectivity index (χ4v) is 4.25. The van der Waals surface area contributed by atoms with Crippen molar-refractivity contribution in [1.29, 1.82) is 0 Å². The highest BCUT2D eigenvalue weighted by Gasteiger charge is 2.36. The summed E-state index contributed by atoms with van der Waals surface area (Å²) in [4.78, 5) is 13.0. The quantitative estimate of drug-likeness (QED) is 0.572. The van der Waals surface area contributed by atoms with Crippen LogP contribution in [0.2, 0.25) is 0 Å². The molecule has 0 unspecified atom stereocenters. The highest BCUT2D eigenvalue weighted by molar-refractivity contribution is 6.22. The minimum absolute atomic E-state index is 0.0478. The summed E-state index contributed by atoms with van der Waals surface area (Å²) in [6, 6.07) is 24.4. The van der Waals surface area contributed by atoms with Crippen molar-refractivity contribution in [3.63, 3.8) is 0 Å². The normalized spacial score (nSPS) is 19.9. The zero-order valence-electron chi connectivity index (χ0n) is 16.9.